The topological polar surface area (TPSA) is 96.6 Å². The molecule has 10 heteroatoms. The molecule has 0 atom stereocenters. The van der Waals surface area contributed by atoms with E-state index in [-0.39, 0.29) is 0 Å². The van der Waals surface area contributed by atoms with E-state index in [1.54, 1.807) is 28.4 Å². The van der Waals surface area contributed by atoms with Crippen molar-refractivity contribution >= 4 is 11.6 Å². The summed E-state index contributed by atoms with van der Waals surface area (Å²) in [6.07, 6.45) is 0. The van der Waals surface area contributed by atoms with E-state index in [0.717, 1.165) is 68.3 Å². The highest BCUT2D eigenvalue weighted by molar-refractivity contribution is 5.72. The molecule has 0 radical (unpaired) electrons. The van der Waals surface area contributed by atoms with E-state index in [1.165, 1.54) is 44.5 Å². The molecule has 10 nitrogen and oxygen atoms in total. The normalized spacial score (nSPS) is 10.8. The molecule has 6 aromatic carbocycles. The van der Waals surface area contributed by atoms with Gasteiger partial charge < -0.3 is 29.6 Å². The van der Waals surface area contributed by atoms with E-state index in [4.69, 9.17) is 29.1 Å². The third-order valence-corrected chi connectivity index (χ3v) is 11.7. The molecule has 64 heavy (non-hydrogen) atoms. The fraction of sp³-hybridized carbons (Fsp3) is 0.222. The van der Waals surface area contributed by atoms with Crippen molar-refractivity contribution in [1.82, 2.24) is 19.6 Å². The Morgan fingerprint density at radius 2 is 0.875 bits per heavy atom. The molecule has 0 aliphatic rings. The lowest BCUT2D eigenvalue weighted by Gasteiger charge is -2.12. The highest BCUT2D eigenvalue weighted by Gasteiger charge is 2.12. The van der Waals surface area contributed by atoms with Crippen LogP contribution in [0.5, 0.6) is 23.0 Å². The van der Waals surface area contributed by atoms with Crippen LogP contribution in [0.3, 0.4) is 0 Å². The van der Waals surface area contributed by atoms with Gasteiger partial charge in [-0.25, -0.2) is 0 Å². The van der Waals surface area contributed by atoms with Crippen molar-refractivity contribution in [3.63, 3.8) is 0 Å². The van der Waals surface area contributed by atoms with Crippen LogP contribution in [0.1, 0.15) is 33.4 Å². The van der Waals surface area contributed by atoms with Crippen LogP contribution >= 0.6 is 0 Å². The summed E-state index contributed by atoms with van der Waals surface area (Å²) in [6, 6.07) is 46.2. The second-order valence-corrected chi connectivity index (χ2v) is 15.9. The summed E-state index contributed by atoms with van der Waals surface area (Å²) in [5, 5.41) is 16.3. The van der Waals surface area contributed by atoms with Crippen molar-refractivity contribution < 1.29 is 18.9 Å². The minimum atomic E-state index is 0.623. The first kappa shape index (κ1) is 44.6. The van der Waals surface area contributed by atoms with E-state index >= 15 is 0 Å². The highest BCUT2D eigenvalue weighted by atomic mass is 16.5. The number of hydrogen-bond acceptors (Lipinski definition) is 8. The Bertz CT molecular complexity index is 2840. The largest absolute Gasteiger partial charge is 0.497 e. The third-order valence-electron chi connectivity index (χ3n) is 11.7. The van der Waals surface area contributed by atoms with Crippen LogP contribution in [0.2, 0.25) is 0 Å². The Balaban J connectivity index is 0.000000191. The van der Waals surface area contributed by atoms with Gasteiger partial charge in [-0.2, -0.15) is 10.2 Å². The molecular weight excluding hydrogens is 797 g/mol. The Kier molecular flexibility index (Phi) is 14.0. The molecule has 328 valence electrons. The maximum atomic E-state index is 5.50. The molecule has 8 aromatic rings. The molecular formula is C54H58N6O4. The Labute approximate surface area is 377 Å². The van der Waals surface area contributed by atoms with Gasteiger partial charge in [0, 0.05) is 62.1 Å². The number of benzene rings is 6. The van der Waals surface area contributed by atoms with Crippen LogP contribution in [0, 0.1) is 27.7 Å². The first-order valence-electron chi connectivity index (χ1n) is 21.3. The van der Waals surface area contributed by atoms with Crippen molar-refractivity contribution in [1.29, 1.82) is 0 Å². The van der Waals surface area contributed by atoms with E-state index < -0.39 is 0 Å². The van der Waals surface area contributed by atoms with Gasteiger partial charge in [0.25, 0.3) is 0 Å². The molecule has 0 saturated heterocycles. The van der Waals surface area contributed by atoms with Crippen LogP contribution < -0.4 is 29.6 Å². The minimum absolute atomic E-state index is 0.623. The lowest BCUT2D eigenvalue weighted by Crippen LogP contribution is -2.05. The predicted molar refractivity (Wildman–Crippen MR) is 261 cm³/mol. The summed E-state index contributed by atoms with van der Waals surface area (Å²) in [5.74, 6) is 4.91. The zero-order chi connectivity index (χ0) is 45.3. The Hall–Kier alpha value is -7.46. The summed E-state index contributed by atoms with van der Waals surface area (Å²) < 4.78 is 25.2. The second kappa shape index (κ2) is 20.2. The maximum Gasteiger partial charge on any atom is 0.161 e. The van der Waals surface area contributed by atoms with Crippen LogP contribution in [-0.4, -0.2) is 48.0 Å². The molecule has 0 aliphatic carbocycles. The predicted octanol–water partition coefficient (Wildman–Crippen LogP) is 12.0. The van der Waals surface area contributed by atoms with E-state index in [2.05, 4.69) is 135 Å². The number of hydrogen-bond donors (Lipinski definition) is 2. The number of methoxy groups -OCH3 is 4. The molecule has 0 spiro atoms. The van der Waals surface area contributed by atoms with E-state index in [1.807, 2.05) is 59.9 Å². The van der Waals surface area contributed by atoms with Gasteiger partial charge in [0.05, 0.1) is 39.8 Å². The zero-order valence-electron chi connectivity index (χ0n) is 38.5. The van der Waals surface area contributed by atoms with Crippen LogP contribution in [-0.2, 0) is 27.2 Å². The molecule has 0 unspecified atom stereocenters. The molecule has 0 bridgehead atoms. The average molecular weight is 855 g/mol. The lowest BCUT2D eigenvalue weighted by atomic mass is 9.99. The monoisotopic (exact) mass is 854 g/mol. The van der Waals surface area contributed by atoms with Gasteiger partial charge in [0.2, 0.25) is 0 Å². The quantitative estimate of drug-likeness (QED) is 0.112. The van der Waals surface area contributed by atoms with Gasteiger partial charge in [-0.3, -0.25) is 9.36 Å². The number of anilines is 2. The fourth-order valence-corrected chi connectivity index (χ4v) is 7.42. The lowest BCUT2D eigenvalue weighted by molar-refractivity contribution is 0.354. The SMILES string of the molecule is COc1ccc(CNc2cc(-c3ccc(-c4ccc(C)c(C)c4)cc3)nn2C)c(OC)c1.COc1ccc(CNc2cc(-c3ccc(-c4ccc(C)c(C)c4)cc3)nn2C)cc1OC. The summed E-state index contributed by atoms with van der Waals surface area (Å²) in [6.45, 7) is 9.86. The molecule has 2 heterocycles. The molecule has 2 N–H and O–H groups in total. The van der Waals surface area contributed by atoms with Gasteiger partial charge in [-0.15, -0.1) is 0 Å². The molecule has 2 aromatic heterocycles. The van der Waals surface area contributed by atoms with Crippen LogP contribution in [0.4, 0.5) is 11.6 Å². The zero-order valence-corrected chi connectivity index (χ0v) is 38.5. The molecule has 0 aliphatic heterocycles. The fourth-order valence-electron chi connectivity index (χ4n) is 7.42. The Morgan fingerprint density at radius 1 is 0.406 bits per heavy atom. The van der Waals surface area contributed by atoms with E-state index in [9.17, 15) is 0 Å². The highest BCUT2D eigenvalue weighted by Crippen LogP contribution is 2.31. The maximum absolute atomic E-state index is 5.50. The molecule has 0 saturated carbocycles. The smallest absolute Gasteiger partial charge is 0.161 e. The number of aromatic nitrogens is 4. The van der Waals surface area contributed by atoms with Crippen molar-refractivity contribution in [3.8, 4) is 67.8 Å². The standard InChI is InChI=1S/2C27H29N3O2/c1-18-6-8-23(14-19(18)2)21-9-11-22(12-10-21)24-16-27(30(3)29-24)28-17-20-7-13-25(31-4)26(15-20)32-5;1-18-6-7-22(14-19(18)2)20-8-10-21(11-9-20)25-16-27(30(3)29-25)28-17-23-12-13-24(31-4)15-26(23)32-5/h2*6-16,28H,17H2,1-5H3. The second-order valence-electron chi connectivity index (χ2n) is 15.9. The molecule has 0 fully saturated rings. The number of ether oxygens (including phenoxy) is 4. The van der Waals surface area contributed by atoms with Crippen molar-refractivity contribution in [2.24, 2.45) is 14.1 Å². The Morgan fingerprint density at radius 3 is 1.34 bits per heavy atom. The molecule has 8 rings (SSSR count). The summed E-state index contributed by atoms with van der Waals surface area (Å²) >= 11 is 0. The van der Waals surface area contributed by atoms with Crippen molar-refractivity contribution in [2.45, 2.75) is 40.8 Å². The van der Waals surface area contributed by atoms with E-state index in [0.29, 0.717) is 13.1 Å². The van der Waals surface area contributed by atoms with Crippen molar-refractivity contribution in [2.75, 3.05) is 39.1 Å². The number of nitrogens with zero attached hydrogens (tertiary/aromatic N) is 4. The van der Waals surface area contributed by atoms with Crippen LogP contribution in [0.15, 0.2) is 133 Å². The van der Waals surface area contributed by atoms with Gasteiger partial charge in [-0.1, -0.05) is 91.0 Å². The minimum Gasteiger partial charge on any atom is -0.497 e. The van der Waals surface area contributed by atoms with Gasteiger partial charge in [0.15, 0.2) is 11.5 Å². The number of rotatable bonds is 14. The van der Waals surface area contributed by atoms with Gasteiger partial charge in [-0.05, 0) is 102 Å². The summed E-state index contributed by atoms with van der Waals surface area (Å²) in [4.78, 5) is 0. The summed E-state index contributed by atoms with van der Waals surface area (Å²) in [5.41, 5.74) is 16.3. The first-order chi connectivity index (χ1) is 31.0. The number of nitrogens with one attached hydrogen (secondary N) is 2. The van der Waals surface area contributed by atoms with Gasteiger partial charge >= 0.3 is 0 Å². The first-order valence-corrected chi connectivity index (χ1v) is 21.3. The number of aryl methyl sites for hydroxylation is 6. The molecule has 0 amide bonds. The van der Waals surface area contributed by atoms with Crippen molar-refractivity contribution in [3.05, 3.63) is 167 Å². The summed E-state index contributed by atoms with van der Waals surface area (Å²) in [7, 11) is 10.5. The third kappa shape index (κ3) is 10.4. The average Bonchev–Trinajstić information content (AvgIpc) is 3.90. The van der Waals surface area contributed by atoms with Gasteiger partial charge in [0.1, 0.15) is 23.1 Å². The van der Waals surface area contributed by atoms with Crippen LogP contribution in [0.25, 0.3) is 44.8 Å².